The van der Waals surface area contributed by atoms with Gasteiger partial charge in [-0.1, -0.05) is 41.9 Å². The molecule has 3 N–H and O–H groups in total. The van der Waals surface area contributed by atoms with E-state index in [1.807, 2.05) is 6.07 Å². The molecule has 10 heteroatoms. The first-order chi connectivity index (χ1) is 15.3. The van der Waals surface area contributed by atoms with Crippen LogP contribution < -0.4 is 19.9 Å². The van der Waals surface area contributed by atoms with Crippen molar-refractivity contribution >= 4 is 34.0 Å². The van der Waals surface area contributed by atoms with Gasteiger partial charge in [-0.2, -0.15) is 0 Å². The summed E-state index contributed by atoms with van der Waals surface area (Å²) in [5, 5.41) is 8.79. The third kappa shape index (κ3) is 7.58. The highest BCUT2D eigenvalue weighted by Crippen LogP contribution is 2.37. The smallest absolute Gasteiger partial charge is 0.238 e. The maximum atomic E-state index is 13.8. The molecule has 0 saturated heterocycles. The molecule has 0 radical (unpaired) electrons. The monoisotopic (exact) mass is 514 g/mol. The third-order valence-electron chi connectivity index (χ3n) is 4.79. The maximum absolute atomic E-state index is 13.8. The zero-order valence-corrected chi connectivity index (χ0v) is 20.3. The van der Waals surface area contributed by atoms with Gasteiger partial charge in [0, 0.05) is 12.1 Å². The summed E-state index contributed by atoms with van der Waals surface area (Å²) in [6.45, 7) is 1.24. The number of nitrogens with one attached hydrogen (secondary N) is 1. The van der Waals surface area contributed by atoms with Gasteiger partial charge in [-0.3, -0.25) is 0 Å². The first kappa shape index (κ1) is 26.9. The predicted molar refractivity (Wildman–Crippen MR) is 129 cm³/mol. The summed E-state index contributed by atoms with van der Waals surface area (Å²) in [4.78, 5) is 0.0910. The quantitative estimate of drug-likeness (QED) is 0.389. The number of halogens is 3. The van der Waals surface area contributed by atoms with Crippen molar-refractivity contribution in [2.45, 2.75) is 24.5 Å². The number of nitrogens with two attached hydrogens (primary N) is 1. The molecule has 0 aromatic heterocycles. The van der Waals surface area contributed by atoms with Gasteiger partial charge in [0.05, 0.1) is 17.0 Å². The molecule has 0 atom stereocenters. The first-order valence-electron chi connectivity index (χ1n) is 9.83. The Morgan fingerprint density at radius 3 is 2.39 bits per heavy atom. The molecular weight excluding hydrogens is 490 g/mol. The second-order valence-corrected chi connectivity index (χ2v) is 9.07. The summed E-state index contributed by atoms with van der Waals surface area (Å²) >= 11 is 6.39. The van der Waals surface area contributed by atoms with Crippen LogP contribution in [0.1, 0.15) is 16.7 Å². The van der Waals surface area contributed by atoms with Crippen molar-refractivity contribution in [3.8, 4) is 11.5 Å². The number of primary sulfonamides is 1. The fourth-order valence-corrected chi connectivity index (χ4v) is 3.90. The van der Waals surface area contributed by atoms with Crippen LogP contribution in [0.25, 0.3) is 0 Å². The van der Waals surface area contributed by atoms with E-state index in [0.29, 0.717) is 41.6 Å². The molecule has 0 amide bonds. The molecule has 3 aromatic rings. The topological polar surface area (TPSA) is 90.6 Å². The van der Waals surface area contributed by atoms with E-state index < -0.39 is 10.0 Å². The molecule has 0 aliphatic carbocycles. The summed E-state index contributed by atoms with van der Waals surface area (Å²) in [6, 6.07) is 16.4. The highest BCUT2D eigenvalue weighted by Gasteiger charge is 2.13. The van der Waals surface area contributed by atoms with Crippen LogP contribution in [0.3, 0.4) is 0 Å². The summed E-state index contributed by atoms with van der Waals surface area (Å²) in [5.41, 5.74) is 2.31. The van der Waals surface area contributed by atoms with Gasteiger partial charge in [-0.25, -0.2) is 17.9 Å². The Morgan fingerprint density at radius 2 is 1.76 bits per heavy atom. The van der Waals surface area contributed by atoms with Crippen LogP contribution in [0.5, 0.6) is 11.5 Å². The van der Waals surface area contributed by atoms with Crippen molar-refractivity contribution in [2.75, 3.05) is 13.7 Å². The molecule has 0 fully saturated rings. The van der Waals surface area contributed by atoms with E-state index in [0.717, 1.165) is 11.1 Å². The third-order valence-corrected chi connectivity index (χ3v) is 6.00. The number of hydrogen-bond donors (Lipinski definition) is 2. The lowest BCUT2D eigenvalue weighted by molar-refractivity contribution is 0.279. The minimum atomic E-state index is -3.69. The lowest BCUT2D eigenvalue weighted by Gasteiger charge is -2.15. The van der Waals surface area contributed by atoms with E-state index in [4.69, 9.17) is 26.2 Å². The molecule has 0 saturated carbocycles. The minimum absolute atomic E-state index is 0. The Balaban J connectivity index is 0.00000385. The molecule has 0 spiro atoms. The van der Waals surface area contributed by atoms with Crippen LogP contribution in [0, 0.1) is 5.82 Å². The Kier molecular flexibility index (Phi) is 9.94. The summed E-state index contributed by atoms with van der Waals surface area (Å²) < 4.78 is 47.6. The van der Waals surface area contributed by atoms with E-state index in [-0.39, 0.29) is 29.7 Å². The lowest BCUT2D eigenvalue weighted by atomic mass is 10.1. The molecule has 0 aliphatic heterocycles. The molecule has 0 unspecified atom stereocenters. The summed E-state index contributed by atoms with van der Waals surface area (Å²) in [6.07, 6.45) is 0.708. The molecule has 3 rings (SSSR count). The number of benzene rings is 3. The fraction of sp³-hybridized carbons (Fsp3) is 0.217. The van der Waals surface area contributed by atoms with Crippen LogP contribution in [0.2, 0.25) is 5.02 Å². The summed E-state index contributed by atoms with van der Waals surface area (Å²) in [7, 11) is -2.17. The van der Waals surface area contributed by atoms with E-state index in [2.05, 4.69) is 5.32 Å². The molecule has 33 heavy (non-hydrogen) atoms. The van der Waals surface area contributed by atoms with Crippen molar-refractivity contribution in [1.82, 2.24) is 5.32 Å². The molecule has 0 heterocycles. The molecule has 0 aliphatic rings. The van der Waals surface area contributed by atoms with Gasteiger partial charge in [0.1, 0.15) is 12.4 Å². The molecule has 178 valence electrons. The van der Waals surface area contributed by atoms with Crippen LogP contribution in [-0.2, 0) is 29.6 Å². The van der Waals surface area contributed by atoms with Crippen LogP contribution in [-0.4, -0.2) is 22.1 Å². The predicted octanol–water partition coefficient (Wildman–Crippen LogP) is 4.47. The molecular formula is C23H25Cl2FN2O4S. The van der Waals surface area contributed by atoms with Crippen LogP contribution >= 0.6 is 24.0 Å². The van der Waals surface area contributed by atoms with Gasteiger partial charge >= 0.3 is 0 Å². The average molecular weight is 515 g/mol. The Morgan fingerprint density at radius 1 is 1.06 bits per heavy atom. The Hall–Kier alpha value is -2.36. The molecule has 3 aromatic carbocycles. The van der Waals surface area contributed by atoms with Gasteiger partial charge in [0.25, 0.3) is 0 Å². The second-order valence-electron chi connectivity index (χ2n) is 7.10. The zero-order chi connectivity index (χ0) is 23.1. The number of hydrogen-bond acceptors (Lipinski definition) is 5. The number of rotatable bonds is 10. The SMILES string of the molecule is COc1cc(CNCCc2ccc(S(N)(=O)=O)cc2)cc(Cl)c1OCc1ccccc1F.Cl. The molecule has 6 nitrogen and oxygen atoms in total. The maximum Gasteiger partial charge on any atom is 0.238 e. The van der Waals surface area contributed by atoms with Gasteiger partial charge in [-0.05, 0) is 54.4 Å². The lowest BCUT2D eigenvalue weighted by Crippen LogP contribution is -2.17. The number of sulfonamides is 1. The van der Waals surface area contributed by atoms with Crippen LogP contribution in [0.15, 0.2) is 65.6 Å². The normalized spacial score (nSPS) is 11.0. The van der Waals surface area contributed by atoms with Crippen molar-refractivity contribution < 1.29 is 22.3 Å². The highest BCUT2D eigenvalue weighted by molar-refractivity contribution is 7.89. The van der Waals surface area contributed by atoms with Crippen molar-refractivity contribution in [3.05, 3.63) is 88.2 Å². The Labute approximate surface area is 204 Å². The van der Waals surface area contributed by atoms with E-state index in [1.165, 1.54) is 25.3 Å². The largest absolute Gasteiger partial charge is 0.493 e. The van der Waals surface area contributed by atoms with Gasteiger partial charge < -0.3 is 14.8 Å². The Bertz CT molecular complexity index is 1180. The second kappa shape index (κ2) is 12.2. The van der Waals surface area contributed by atoms with Gasteiger partial charge in [0.2, 0.25) is 10.0 Å². The van der Waals surface area contributed by atoms with Crippen molar-refractivity contribution in [1.29, 1.82) is 0 Å². The first-order valence-corrected chi connectivity index (χ1v) is 11.8. The van der Waals surface area contributed by atoms with E-state index >= 15 is 0 Å². The van der Waals surface area contributed by atoms with Gasteiger partial charge in [0.15, 0.2) is 11.5 Å². The zero-order valence-electron chi connectivity index (χ0n) is 17.9. The van der Waals surface area contributed by atoms with Crippen molar-refractivity contribution in [2.24, 2.45) is 5.14 Å². The minimum Gasteiger partial charge on any atom is -0.493 e. The standard InChI is InChI=1S/C23H24ClFN2O4S.ClH/c1-30-22-13-17(12-20(24)23(22)31-15-18-4-2-3-5-21(18)25)14-27-11-10-16-6-8-19(9-7-16)32(26,28)29;/h2-9,12-13,27H,10-11,14-15H2,1H3,(H2,26,28,29);1H. The highest BCUT2D eigenvalue weighted by atomic mass is 35.5. The molecule has 0 bridgehead atoms. The van der Waals surface area contributed by atoms with Crippen LogP contribution in [0.4, 0.5) is 4.39 Å². The number of methoxy groups -OCH3 is 1. The van der Waals surface area contributed by atoms with E-state index in [9.17, 15) is 12.8 Å². The van der Waals surface area contributed by atoms with E-state index in [1.54, 1.807) is 36.4 Å². The average Bonchev–Trinajstić information content (AvgIpc) is 2.76. The summed E-state index contributed by atoms with van der Waals surface area (Å²) in [5.74, 6) is 0.475. The number of ether oxygens (including phenoxy) is 2. The van der Waals surface area contributed by atoms with Crippen molar-refractivity contribution in [3.63, 3.8) is 0 Å². The fourth-order valence-electron chi connectivity index (χ4n) is 3.09. The van der Waals surface area contributed by atoms with Gasteiger partial charge in [-0.15, -0.1) is 12.4 Å².